The molecule has 26 heavy (non-hydrogen) atoms. The van der Waals surface area contributed by atoms with Crippen LogP contribution in [-0.2, 0) is 4.79 Å². The lowest BCUT2D eigenvalue weighted by molar-refractivity contribution is -0.133. The van der Waals surface area contributed by atoms with Crippen molar-refractivity contribution in [2.75, 3.05) is 20.2 Å². The van der Waals surface area contributed by atoms with Gasteiger partial charge in [0.2, 0.25) is 5.91 Å². The fourth-order valence-corrected chi connectivity index (χ4v) is 4.21. The fourth-order valence-electron chi connectivity index (χ4n) is 4.21. The molecule has 1 atom stereocenters. The van der Waals surface area contributed by atoms with Crippen molar-refractivity contribution in [3.63, 3.8) is 0 Å². The standard InChI is InChI=1S/C21H26N2O3/c1-26-17-8-6-16(7-9-17)20(25)22-14-21-11-2-3-18(21)23(13-15-4-5-15)19(24)10-12-21/h3,6-9,15H,2,4-5,10-14H2,1H3,(H,22,25)/t21-/m0/s1. The summed E-state index contributed by atoms with van der Waals surface area (Å²) in [6.45, 7) is 1.46. The van der Waals surface area contributed by atoms with E-state index in [0.717, 1.165) is 37.3 Å². The number of benzene rings is 1. The molecule has 1 saturated carbocycles. The smallest absolute Gasteiger partial charge is 0.251 e. The van der Waals surface area contributed by atoms with Gasteiger partial charge in [0.1, 0.15) is 5.75 Å². The Morgan fingerprint density at radius 2 is 2.04 bits per heavy atom. The molecular weight excluding hydrogens is 328 g/mol. The van der Waals surface area contributed by atoms with Crippen LogP contribution < -0.4 is 10.1 Å². The molecule has 2 aliphatic carbocycles. The summed E-state index contributed by atoms with van der Waals surface area (Å²) in [6.07, 6.45) is 8.11. The average molecular weight is 354 g/mol. The van der Waals surface area contributed by atoms with Crippen molar-refractivity contribution in [3.05, 3.63) is 41.6 Å². The SMILES string of the molecule is COc1ccc(C(=O)NC[C@@]23CCC=C2N(CC2CC2)C(=O)CC3)cc1. The number of likely N-dealkylation sites (tertiary alicyclic amines) is 1. The van der Waals surface area contributed by atoms with Gasteiger partial charge in [-0.05, 0) is 62.3 Å². The molecule has 1 aromatic rings. The van der Waals surface area contributed by atoms with E-state index in [2.05, 4.69) is 11.4 Å². The van der Waals surface area contributed by atoms with Crippen LogP contribution in [-0.4, -0.2) is 36.9 Å². The maximum absolute atomic E-state index is 12.6. The fraction of sp³-hybridized carbons (Fsp3) is 0.524. The molecule has 1 aromatic carbocycles. The number of piperidine rings is 1. The monoisotopic (exact) mass is 354 g/mol. The molecule has 0 spiro atoms. The van der Waals surface area contributed by atoms with Crippen LogP contribution >= 0.6 is 0 Å². The van der Waals surface area contributed by atoms with E-state index >= 15 is 0 Å². The van der Waals surface area contributed by atoms with E-state index in [1.165, 1.54) is 12.8 Å². The van der Waals surface area contributed by atoms with Crippen LogP contribution in [0.25, 0.3) is 0 Å². The normalized spacial score (nSPS) is 24.9. The first kappa shape index (κ1) is 17.1. The molecule has 4 rings (SSSR count). The summed E-state index contributed by atoms with van der Waals surface area (Å²) in [4.78, 5) is 27.0. The molecule has 1 aliphatic heterocycles. The van der Waals surface area contributed by atoms with Crippen LogP contribution in [0.15, 0.2) is 36.0 Å². The van der Waals surface area contributed by atoms with Crippen LogP contribution in [0.1, 0.15) is 48.9 Å². The molecule has 0 aromatic heterocycles. The lowest BCUT2D eigenvalue weighted by Gasteiger charge is -2.42. The largest absolute Gasteiger partial charge is 0.497 e. The van der Waals surface area contributed by atoms with Crippen molar-refractivity contribution >= 4 is 11.8 Å². The third-order valence-electron chi connectivity index (χ3n) is 5.99. The minimum absolute atomic E-state index is 0.0704. The summed E-state index contributed by atoms with van der Waals surface area (Å²) in [7, 11) is 1.61. The zero-order valence-electron chi connectivity index (χ0n) is 15.3. The molecule has 1 heterocycles. The number of methoxy groups -OCH3 is 1. The minimum Gasteiger partial charge on any atom is -0.497 e. The Labute approximate surface area is 154 Å². The first-order chi connectivity index (χ1) is 12.6. The molecule has 0 radical (unpaired) electrons. The number of amides is 2. The van der Waals surface area contributed by atoms with Gasteiger partial charge in [0.15, 0.2) is 0 Å². The Kier molecular flexibility index (Phi) is 4.47. The summed E-state index contributed by atoms with van der Waals surface area (Å²) in [6, 6.07) is 7.15. The maximum Gasteiger partial charge on any atom is 0.251 e. The predicted molar refractivity (Wildman–Crippen MR) is 98.7 cm³/mol. The highest BCUT2D eigenvalue weighted by molar-refractivity contribution is 5.94. The quantitative estimate of drug-likeness (QED) is 0.854. The van der Waals surface area contributed by atoms with Gasteiger partial charge in [-0.25, -0.2) is 0 Å². The lowest BCUT2D eigenvalue weighted by Crippen LogP contribution is -2.48. The number of rotatable bonds is 6. The predicted octanol–water partition coefficient (Wildman–Crippen LogP) is 3.12. The summed E-state index contributed by atoms with van der Waals surface area (Å²) in [5.74, 6) is 1.59. The van der Waals surface area contributed by atoms with Crippen molar-refractivity contribution in [2.45, 2.75) is 38.5 Å². The van der Waals surface area contributed by atoms with E-state index in [9.17, 15) is 9.59 Å². The average Bonchev–Trinajstić information content (AvgIpc) is 3.39. The first-order valence-electron chi connectivity index (χ1n) is 9.54. The van der Waals surface area contributed by atoms with Crippen LogP contribution in [0.4, 0.5) is 0 Å². The van der Waals surface area contributed by atoms with Gasteiger partial charge in [-0.15, -0.1) is 0 Å². The minimum atomic E-state index is -0.0784. The van der Waals surface area contributed by atoms with Crippen molar-refractivity contribution in [2.24, 2.45) is 11.3 Å². The zero-order chi connectivity index (χ0) is 18.1. The van der Waals surface area contributed by atoms with Gasteiger partial charge in [-0.2, -0.15) is 0 Å². The van der Waals surface area contributed by atoms with Gasteiger partial charge in [0, 0.05) is 36.2 Å². The van der Waals surface area contributed by atoms with E-state index in [1.54, 1.807) is 31.4 Å². The van der Waals surface area contributed by atoms with Crippen molar-refractivity contribution in [1.29, 1.82) is 0 Å². The maximum atomic E-state index is 12.6. The van der Waals surface area contributed by atoms with E-state index in [-0.39, 0.29) is 17.2 Å². The van der Waals surface area contributed by atoms with Gasteiger partial charge in [-0.1, -0.05) is 6.08 Å². The molecule has 3 aliphatic rings. The molecule has 0 unspecified atom stereocenters. The van der Waals surface area contributed by atoms with Crippen molar-refractivity contribution in [1.82, 2.24) is 10.2 Å². The highest BCUT2D eigenvalue weighted by atomic mass is 16.5. The summed E-state index contributed by atoms with van der Waals surface area (Å²) in [5.41, 5.74) is 1.72. The van der Waals surface area contributed by atoms with Crippen LogP contribution in [0, 0.1) is 11.3 Å². The topological polar surface area (TPSA) is 58.6 Å². The molecule has 5 heteroatoms. The highest BCUT2D eigenvalue weighted by Crippen LogP contribution is 2.48. The number of hydrogen-bond acceptors (Lipinski definition) is 3. The Balaban J connectivity index is 1.45. The van der Waals surface area contributed by atoms with Gasteiger partial charge < -0.3 is 15.0 Å². The summed E-state index contributed by atoms with van der Waals surface area (Å²) in [5, 5.41) is 3.11. The van der Waals surface area contributed by atoms with Gasteiger partial charge in [0.05, 0.1) is 7.11 Å². The van der Waals surface area contributed by atoms with Crippen molar-refractivity contribution in [3.8, 4) is 5.75 Å². The van der Waals surface area contributed by atoms with E-state index in [0.29, 0.717) is 24.4 Å². The van der Waals surface area contributed by atoms with Crippen LogP contribution in [0.2, 0.25) is 0 Å². The number of allylic oxidation sites excluding steroid dienone is 1. The molecule has 2 amide bonds. The second-order valence-corrected chi connectivity index (χ2v) is 7.77. The third-order valence-corrected chi connectivity index (χ3v) is 5.99. The number of nitrogens with one attached hydrogen (secondary N) is 1. The summed E-state index contributed by atoms with van der Waals surface area (Å²) >= 11 is 0. The van der Waals surface area contributed by atoms with Crippen molar-refractivity contribution < 1.29 is 14.3 Å². The molecule has 2 fully saturated rings. The number of carbonyl (C=O) groups excluding carboxylic acids is 2. The van der Waals surface area contributed by atoms with Gasteiger partial charge >= 0.3 is 0 Å². The third kappa shape index (κ3) is 3.22. The number of carbonyl (C=O) groups is 2. The first-order valence-corrected chi connectivity index (χ1v) is 9.54. The Hall–Kier alpha value is -2.30. The van der Waals surface area contributed by atoms with Crippen LogP contribution in [0.3, 0.4) is 0 Å². The highest BCUT2D eigenvalue weighted by Gasteiger charge is 2.46. The molecule has 1 saturated heterocycles. The Bertz CT molecular complexity index is 736. The number of hydrogen-bond donors (Lipinski definition) is 1. The summed E-state index contributed by atoms with van der Waals surface area (Å²) < 4.78 is 5.14. The second-order valence-electron chi connectivity index (χ2n) is 7.77. The zero-order valence-corrected chi connectivity index (χ0v) is 15.3. The van der Waals surface area contributed by atoms with E-state index in [1.807, 2.05) is 4.90 Å². The lowest BCUT2D eigenvalue weighted by atomic mass is 9.76. The van der Waals surface area contributed by atoms with E-state index in [4.69, 9.17) is 4.74 Å². The van der Waals surface area contributed by atoms with Gasteiger partial charge in [0.25, 0.3) is 5.91 Å². The van der Waals surface area contributed by atoms with Gasteiger partial charge in [-0.3, -0.25) is 9.59 Å². The number of nitrogens with zero attached hydrogens (tertiary/aromatic N) is 1. The Morgan fingerprint density at radius 1 is 1.27 bits per heavy atom. The number of fused-ring (bicyclic) bond motifs is 1. The second kappa shape index (κ2) is 6.78. The molecule has 5 nitrogen and oxygen atoms in total. The molecule has 138 valence electrons. The molecular formula is C21H26N2O3. The molecule has 0 bridgehead atoms. The Morgan fingerprint density at radius 3 is 2.73 bits per heavy atom. The van der Waals surface area contributed by atoms with Crippen LogP contribution in [0.5, 0.6) is 5.75 Å². The van der Waals surface area contributed by atoms with E-state index < -0.39 is 0 Å². The molecule has 1 N–H and O–H groups in total. The number of ether oxygens (including phenoxy) is 1.